The smallest absolute Gasteiger partial charge is 0.239 e. The molecular formula is C20H33N3O3. The highest BCUT2D eigenvalue weighted by Gasteiger charge is 2.22. The minimum Gasteiger partial charge on any atom is -0.497 e. The SMILES string of the molecule is CCN(CC)C(CNC(=O)CNC(=O)C(C)(C)C)c1cccc(OC)c1. The lowest BCUT2D eigenvalue weighted by Crippen LogP contribution is -2.44. The highest BCUT2D eigenvalue weighted by atomic mass is 16.5. The summed E-state index contributed by atoms with van der Waals surface area (Å²) in [6.45, 7) is 11.9. The number of amides is 2. The number of carbonyl (C=O) groups excluding carboxylic acids is 2. The molecule has 0 fully saturated rings. The van der Waals surface area contributed by atoms with Crippen LogP contribution >= 0.6 is 0 Å². The quantitative estimate of drug-likeness (QED) is 0.707. The number of rotatable bonds is 9. The molecule has 0 saturated carbocycles. The van der Waals surface area contributed by atoms with Gasteiger partial charge >= 0.3 is 0 Å². The number of nitrogens with zero attached hydrogens (tertiary/aromatic N) is 1. The summed E-state index contributed by atoms with van der Waals surface area (Å²) in [4.78, 5) is 26.3. The normalized spacial score (nSPS) is 12.6. The fourth-order valence-corrected chi connectivity index (χ4v) is 2.67. The number of benzene rings is 1. The van der Waals surface area contributed by atoms with Crippen molar-refractivity contribution in [2.75, 3.05) is 33.3 Å². The van der Waals surface area contributed by atoms with Gasteiger partial charge in [0.2, 0.25) is 11.8 Å². The lowest BCUT2D eigenvalue weighted by Gasteiger charge is -2.30. The predicted molar refractivity (Wildman–Crippen MR) is 104 cm³/mol. The van der Waals surface area contributed by atoms with Gasteiger partial charge in [0.25, 0.3) is 0 Å². The Morgan fingerprint density at radius 3 is 2.35 bits per heavy atom. The third-order valence-electron chi connectivity index (χ3n) is 4.31. The van der Waals surface area contributed by atoms with Crippen molar-refractivity contribution in [1.82, 2.24) is 15.5 Å². The second kappa shape index (κ2) is 10.2. The van der Waals surface area contributed by atoms with Gasteiger partial charge in [-0.15, -0.1) is 0 Å². The number of hydrogen-bond donors (Lipinski definition) is 2. The van der Waals surface area contributed by atoms with E-state index in [0.717, 1.165) is 24.4 Å². The molecular weight excluding hydrogens is 330 g/mol. The summed E-state index contributed by atoms with van der Waals surface area (Å²) < 4.78 is 5.32. The van der Waals surface area contributed by atoms with Crippen molar-refractivity contribution < 1.29 is 14.3 Å². The zero-order valence-electron chi connectivity index (χ0n) is 16.9. The van der Waals surface area contributed by atoms with Gasteiger partial charge in [0.15, 0.2) is 0 Å². The second-order valence-electron chi connectivity index (χ2n) is 7.25. The maximum absolute atomic E-state index is 12.2. The Bertz CT molecular complexity index is 592. The first-order valence-electron chi connectivity index (χ1n) is 9.15. The second-order valence-corrected chi connectivity index (χ2v) is 7.25. The average Bonchev–Trinajstić information content (AvgIpc) is 2.62. The molecule has 0 bridgehead atoms. The van der Waals surface area contributed by atoms with Gasteiger partial charge in [-0.2, -0.15) is 0 Å². The van der Waals surface area contributed by atoms with Crippen molar-refractivity contribution in [3.63, 3.8) is 0 Å². The molecule has 2 amide bonds. The molecule has 0 aliphatic rings. The first-order chi connectivity index (χ1) is 12.2. The van der Waals surface area contributed by atoms with Crippen molar-refractivity contribution in [3.8, 4) is 5.75 Å². The fraction of sp³-hybridized carbons (Fsp3) is 0.600. The Hall–Kier alpha value is -2.08. The van der Waals surface area contributed by atoms with E-state index in [0.29, 0.717) is 6.54 Å². The van der Waals surface area contributed by atoms with Crippen LogP contribution in [0.15, 0.2) is 24.3 Å². The van der Waals surface area contributed by atoms with Gasteiger partial charge in [-0.3, -0.25) is 14.5 Å². The van der Waals surface area contributed by atoms with Gasteiger partial charge in [0.1, 0.15) is 5.75 Å². The summed E-state index contributed by atoms with van der Waals surface area (Å²) in [5.74, 6) is 0.465. The standard InChI is InChI=1S/C20H33N3O3/c1-7-23(8-2)17(15-10-9-11-16(12-15)26-6)13-21-18(24)14-22-19(25)20(3,4)5/h9-12,17H,7-8,13-14H2,1-6H3,(H,21,24)(H,22,25). The van der Waals surface area contributed by atoms with Crippen LogP contribution in [-0.2, 0) is 9.59 Å². The molecule has 26 heavy (non-hydrogen) atoms. The van der Waals surface area contributed by atoms with Crippen LogP contribution in [0.2, 0.25) is 0 Å². The van der Waals surface area contributed by atoms with E-state index in [-0.39, 0.29) is 24.4 Å². The van der Waals surface area contributed by atoms with Gasteiger partial charge < -0.3 is 15.4 Å². The largest absolute Gasteiger partial charge is 0.497 e. The van der Waals surface area contributed by atoms with E-state index in [9.17, 15) is 9.59 Å². The van der Waals surface area contributed by atoms with Crippen LogP contribution in [0, 0.1) is 5.41 Å². The molecule has 0 aliphatic heterocycles. The first kappa shape index (κ1) is 22.0. The highest BCUT2D eigenvalue weighted by Crippen LogP contribution is 2.23. The molecule has 146 valence electrons. The Kier molecular flexibility index (Phi) is 8.58. The predicted octanol–water partition coefficient (Wildman–Crippen LogP) is 2.36. The van der Waals surface area contributed by atoms with E-state index in [1.165, 1.54) is 0 Å². The molecule has 0 radical (unpaired) electrons. The zero-order valence-corrected chi connectivity index (χ0v) is 16.9. The molecule has 1 aromatic rings. The molecule has 1 unspecified atom stereocenters. The molecule has 0 heterocycles. The van der Waals surface area contributed by atoms with Crippen LogP contribution in [0.4, 0.5) is 0 Å². The molecule has 2 N–H and O–H groups in total. The molecule has 6 heteroatoms. The van der Waals surface area contributed by atoms with Gasteiger partial charge in [0.05, 0.1) is 19.7 Å². The molecule has 1 aromatic carbocycles. The number of carbonyl (C=O) groups is 2. The van der Waals surface area contributed by atoms with E-state index >= 15 is 0 Å². The summed E-state index contributed by atoms with van der Waals surface area (Å²) >= 11 is 0. The molecule has 0 saturated heterocycles. The third kappa shape index (κ3) is 6.67. The molecule has 6 nitrogen and oxygen atoms in total. The van der Waals surface area contributed by atoms with Crippen molar-refractivity contribution in [2.45, 2.75) is 40.7 Å². The van der Waals surface area contributed by atoms with Crippen LogP contribution in [0.25, 0.3) is 0 Å². The van der Waals surface area contributed by atoms with Gasteiger partial charge in [0, 0.05) is 12.0 Å². The van der Waals surface area contributed by atoms with E-state index in [4.69, 9.17) is 4.74 Å². The number of methoxy groups -OCH3 is 1. The van der Waals surface area contributed by atoms with Crippen molar-refractivity contribution in [1.29, 1.82) is 0 Å². The van der Waals surface area contributed by atoms with Crippen LogP contribution in [0.5, 0.6) is 5.75 Å². The summed E-state index contributed by atoms with van der Waals surface area (Å²) in [6, 6.07) is 7.94. The van der Waals surface area contributed by atoms with E-state index in [1.54, 1.807) is 7.11 Å². The summed E-state index contributed by atoms with van der Waals surface area (Å²) in [6.07, 6.45) is 0. The van der Waals surface area contributed by atoms with Crippen LogP contribution < -0.4 is 15.4 Å². The first-order valence-corrected chi connectivity index (χ1v) is 9.15. The average molecular weight is 364 g/mol. The Balaban J connectivity index is 2.75. The van der Waals surface area contributed by atoms with Crippen molar-refractivity contribution in [2.24, 2.45) is 5.41 Å². The number of nitrogens with one attached hydrogen (secondary N) is 2. The maximum Gasteiger partial charge on any atom is 0.239 e. The van der Waals surface area contributed by atoms with E-state index in [1.807, 2.05) is 45.0 Å². The lowest BCUT2D eigenvalue weighted by molar-refractivity contribution is -0.131. The van der Waals surface area contributed by atoms with Gasteiger partial charge in [-0.1, -0.05) is 46.8 Å². The summed E-state index contributed by atoms with van der Waals surface area (Å²) in [7, 11) is 1.64. The third-order valence-corrected chi connectivity index (χ3v) is 4.31. The molecule has 1 rings (SSSR count). The Labute approximate surface area is 157 Å². The fourth-order valence-electron chi connectivity index (χ4n) is 2.67. The Morgan fingerprint density at radius 2 is 1.81 bits per heavy atom. The Morgan fingerprint density at radius 1 is 1.15 bits per heavy atom. The number of ether oxygens (including phenoxy) is 1. The van der Waals surface area contributed by atoms with Crippen LogP contribution in [0.1, 0.15) is 46.2 Å². The van der Waals surface area contributed by atoms with Crippen LogP contribution in [0.3, 0.4) is 0 Å². The highest BCUT2D eigenvalue weighted by molar-refractivity contribution is 5.87. The maximum atomic E-state index is 12.2. The minimum absolute atomic E-state index is 0.0147. The number of likely N-dealkylation sites (N-methyl/N-ethyl adjacent to an activating group) is 1. The van der Waals surface area contributed by atoms with Crippen molar-refractivity contribution in [3.05, 3.63) is 29.8 Å². The van der Waals surface area contributed by atoms with Gasteiger partial charge in [-0.25, -0.2) is 0 Å². The van der Waals surface area contributed by atoms with Crippen LogP contribution in [-0.4, -0.2) is 50.0 Å². The molecule has 0 spiro atoms. The molecule has 1 atom stereocenters. The van der Waals surface area contributed by atoms with E-state index in [2.05, 4.69) is 29.4 Å². The topological polar surface area (TPSA) is 70.7 Å². The molecule has 0 aliphatic carbocycles. The molecule has 0 aromatic heterocycles. The van der Waals surface area contributed by atoms with Gasteiger partial charge in [-0.05, 0) is 30.8 Å². The zero-order chi connectivity index (χ0) is 19.7. The number of hydrogen-bond acceptors (Lipinski definition) is 4. The summed E-state index contributed by atoms with van der Waals surface area (Å²) in [5, 5.41) is 5.62. The lowest BCUT2D eigenvalue weighted by atomic mass is 9.96. The van der Waals surface area contributed by atoms with Crippen molar-refractivity contribution >= 4 is 11.8 Å². The monoisotopic (exact) mass is 363 g/mol. The van der Waals surface area contributed by atoms with E-state index < -0.39 is 5.41 Å². The minimum atomic E-state index is -0.509. The summed E-state index contributed by atoms with van der Waals surface area (Å²) in [5.41, 5.74) is 0.581.